The normalized spacial score (nSPS) is 14.8. The highest BCUT2D eigenvalue weighted by Gasteiger charge is 2.27. The number of carbonyl (C=O) groups excluding carboxylic acids is 1. The van der Waals surface area contributed by atoms with Crippen molar-refractivity contribution in [3.63, 3.8) is 0 Å². The molecule has 1 N–H and O–H groups in total. The fourth-order valence-electron chi connectivity index (χ4n) is 3.25. The van der Waals surface area contributed by atoms with Crippen LogP contribution in [0.15, 0.2) is 43.0 Å². The zero-order valence-corrected chi connectivity index (χ0v) is 16.8. The fourth-order valence-corrected chi connectivity index (χ4v) is 3.53. The first-order valence-electron chi connectivity index (χ1n) is 9.14. The van der Waals surface area contributed by atoms with Gasteiger partial charge in [-0.05, 0) is 42.3 Å². The lowest BCUT2D eigenvalue weighted by Gasteiger charge is -2.13. The van der Waals surface area contributed by atoms with Crippen molar-refractivity contribution in [2.24, 2.45) is 0 Å². The van der Waals surface area contributed by atoms with Gasteiger partial charge in [-0.1, -0.05) is 17.7 Å². The zero-order chi connectivity index (χ0) is 20.1. The van der Waals surface area contributed by atoms with E-state index in [-0.39, 0.29) is 12.0 Å². The summed E-state index contributed by atoms with van der Waals surface area (Å²) in [4.78, 5) is 11.8. The largest absolute Gasteiger partial charge is 0.497 e. The molecule has 6 heteroatoms. The molecule has 2 aromatic carbocycles. The first kappa shape index (κ1) is 20.1. The topological polar surface area (TPSA) is 56.8 Å². The van der Waals surface area contributed by atoms with E-state index in [0.717, 1.165) is 28.2 Å². The number of carbonyl (C=O) groups is 1. The van der Waals surface area contributed by atoms with Gasteiger partial charge in [-0.15, -0.1) is 6.58 Å². The van der Waals surface area contributed by atoms with Crippen molar-refractivity contribution >= 4 is 17.5 Å². The lowest BCUT2D eigenvalue weighted by molar-refractivity contribution is -0.121. The Kier molecular flexibility index (Phi) is 6.47. The quantitative estimate of drug-likeness (QED) is 0.665. The predicted molar refractivity (Wildman–Crippen MR) is 111 cm³/mol. The number of methoxy groups -OCH3 is 2. The van der Waals surface area contributed by atoms with Crippen molar-refractivity contribution in [2.75, 3.05) is 20.8 Å². The van der Waals surface area contributed by atoms with E-state index >= 15 is 0 Å². The van der Waals surface area contributed by atoms with Gasteiger partial charge >= 0.3 is 0 Å². The lowest BCUT2D eigenvalue weighted by atomic mass is 9.99. The Balaban J connectivity index is 1.78. The molecule has 1 heterocycles. The fraction of sp³-hybridized carbons (Fsp3) is 0.318. The molecule has 0 aromatic heterocycles. The monoisotopic (exact) mass is 401 g/mol. The summed E-state index contributed by atoms with van der Waals surface area (Å²) in [6.45, 7) is 4.07. The molecule has 1 amide bonds. The molecule has 2 aromatic rings. The summed E-state index contributed by atoms with van der Waals surface area (Å²) < 4.78 is 16.8. The Labute approximate surface area is 170 Å². The van der Waals surface area contributed by atoms with Crippen LogP contribution in [-0.2, 0) is 11.2 Å². The number of benzene rings is 2. The van der Waals surface area contributed by atoms with Crippen LogP contribution in [0.4, 0.5) is 0 Å². The number of hydrogen-bond donors (Lipinski definition) is 1. The van der Waals surface area contributed by atoms with E-state index in [1.165, 1.54) is 0 Å². The molecular weight excluding hydrogens is 378 g/mol. The van der Waals surface area contributed by atoms with E-state index in [0.29, 0.717) is 36.6 Å². The minimum Gasteiger partial charge on any atom is -0.497 e. The smallest absolute Gasteiger partial charge is 0.220 e. The van der Waals surface area contributed by atoms with Crippen molar-refractivity contribution in [2.45, 2.75) is 25.4 Å². The van der Waals surface area contributed by atoms with Crippen LogP contribution in [0.2, 0.25) is 5.02 Å². The molecule has 28 heavy (non-hydrogen) atoms. The first-order chi connectivity index (χ1) is 13.5. The van der Waals surface area contributed by atoms with Gasteiger partial charge in [0.05, 0.1) is 25.8 Å². The number of allylic oxidation sites excluding steroid dienone is 1. The van der Waals surface area contributed by atoms with Crippen molar-refractivity contribution in [3.05, 3.63) is 53.6 Å². The van der Waals surface area contributed by atoms with E-state index in [1.807, 2.05) is 24.3 Å². The average Bonchev–Trinajstić information content (AvgIpc) is 3.13. The van der Waals surface area contributed by atoms with Crippen molar-refractivity contribution < 1.29 is 19.0 Å². The van der Waals surface area contributed by atoms with E-state index < -0.39 is 0 Å². The zero-order valence-electron chi connectivity index (χ0n) is 16.1. The highest BCUT2D eigenvalue weighted by molar-refractivity contribution is 6.32. The van der Waals surface area contributed by atoms with Gasteiger partial charge in [0.1, 0.15) is 23.4 Å². The Bertz CT molecular complexity index is 881. The highest BCUT2D eigenvalue weighted by atomic mass is 35.5. The second-order valence-corrected chi connectivity index (χ2v) is 7.00. The Hall–Kier alpha value is -2.66. The Morgan fingerprint density at radius 3 is 2.86 bits per heavy atom. The summed E-state index contributed by atoms with van der Waals surface area (Å²) in [5, 5.41) is 3.44. The predicted octanol–water partition coefficient (Wildman–Crippen LogP) is 4.41. The van der Waals surface area contributed by atoms with Gasteiger partial charge < -0.3 is 19.5 Å². The maximum Gasteiger partial charge on any atom is 0.220 e. The summed E-state index contributed by atoms with van der Waals surface area (Å²) in [5.74, 6) is 2.15. The Morgan fingerprint density at radius 2 is 2.14 bits per heavy atom. The SMILES string of the molecule is C=CCCC(=O)NC[C@@H]1Cc2cc(-c3cc(OC)ccc3OC)cc(Cl)c2O1. The molecule has 5 nitrogen and oxygen atoms in total. The number of halogens is 1. The lowest BCUT2D eigenvalue weighted by Crippen LogP contribution is -2.34. The van der Waals surface area contributed by atoms with Gasteiger partial charge in [-0.3, -0.25) is 4.79 Å². The molecule has 0 aliphatic carbocycles. The van der Waals surface area contributed by atoms with Crippen LogP contribution in [0, 0.1) is 0 Å². The minimum atomic E-state index is -0.136. The van der Waals surface area contributed by atoms with Crippen molar-refractivity contribution in [3.8, 4) is 28.4 Å². The van der Waals surface area contributed by atoms with Crippen LogP contribution in [0.5, 0.6) is 17.2 Å². The van der Waals surface area contributed by atoms with Crippen LogP contribution in [-0.4, -0.2) is 32.8 Å². The molecular formula is C22H24ClNO4. The third kappa shape index (κ3) is 4.42. The molecule has 148 valence electrons. The molecule has 0 saturated heterocycles. The van der Waals surface area contributed by atoms with Gasteiger partial charge in [0.25, 0.3) is 0 Å². The molecule has 0 unspecified atom stereocenters. The molecule has 0 bridgehead atoms. The number of nitrogens with one attached hydrogen (secondary N) is 1. The van der Waals surface area contributed by atoms with Gasteiger partial charge in [0.2, 0.25) is 5.91 Å². The third-order valence-electron chi connectivity index (χ3n) is 4.67. The molecule has 3 rings (SSSR count). The van der Waals surface area contributed by atoms with E-state index in [9.17, 15) is 4.79 Å². The highest BCUT2D eigenvalue weighted by Crippen LogP contribution is 2.42. The Morgan fingerprint density at radius 1 is 1.32 bits per heavy atom. The number of ether oxygens (including phenoxy) is 3. The third-order valence-corrected chi connectivity index (χ3v) is 4.95. The molecule has 0 radical (unpaired) electrons. The summed E-state index contributed by atoms with van der Waals surface area (Å²) >= 11 is 6.49. The molecule has 1 aliphatic rings. The van der Waals surface area contributed by atoms with E-state index in [4.69, 9.17) is 25.8 Å². The van der Waals surface area contributed by atoms with E-state index in [2.05, 4.69) is 18.0 Å². The molecule has 0 saturated carbocycles. The van der Waals surface area contributed by atoms with Gasteiger partial charge in [0.15, 0.2) is 0 Å². The summed E-state index contributed by atoms with van der Waals surface area (Å²) in [5.41, 5.74) is 2.84. The maximum atomic E-state index is 11.8. The molecule has 1 atom stereocenters. The van der Waals surface area contributed by atoms with Gasteiger partial charge in [0, 0.05) is 24.0 Å². The summed E-state index contributed by atoms with van der Waals surface area (Å²) in [6, 6.07) is 9.56. The molecule has 0 spiro atoms. The van der Waals surface area contributed by atoms with Crippen LogP contribution in [0.25, 0.3) is 11.1 Å². The van der Waals surface area contributed by atoms with Gasteiger partial charge in [-0.25, -0.2) is 0 Å². The molecule has 1 aliphatic heterocycles. The molecule has 0 fully saturated rings. The summed E-state index contributed by atoms with van der Waals surface area (Å²) in [6.07, 6.45) is 3.37. The second kappa shape index (κ2) is 9.02. The maximum absolute atomic E-state index is 11.8. The second-order valence-electron chi connectivity index (χ2n) is 6.59. The standard InChI is InChI=1S/C22H24ClNO4/c1-4-5-6-21(25)24-13-17-10-15-9-14(11-19(23)22(15)28-17)18-12-16(26-2)7-8-20(18)27-3/h4,7-9,11-12,17H,1,5-6,10,13H2,2-3H3,(H,24,25)/t17-/m0/s1. The van der Waals surface area contributed by atoms with Crippen LogP contribution in [0.1, 0.15) is 18.4 Å². The minimum absolute atomic E-state index is 0.00707. The number of rotatable bonds is 8. The summed E-state index contributed by atoms with van der Waals surface area (Å²) in [7, 11) is 3.26. The van der Waals surface area contributed by atoms with Crippen LogP contribution >= 0.6 is 11.6 Å². The van der Waals surface area contributed by atoms with Crippen molar-refractivity contribution in [1.82, 2.24) is 5.32 Å². The first-order valence-corrected chi connectivity index (χ1v) is 9.52. The van der Waals surface area contributed by atoms with Crippen molar-refractivity contribution in [1.29, 1.82) is 0 Å². The number of amides is 1. The van der Waals surface area contributed by atoms with E-state index in [1.54, 1.807) is 20.3 Å². The van der Waals surface area contributed by atoms with Gasteiger partial charge in [-0.2, -0.15) is 0 Å². The van der Waals surface area contributed by atoms with Crippen LogP contribution in [0.3, 0.4) is 0 Å². The van der Waals surface area contributed by atoms with Crippen LogP contribution < -0.4 is 19.5 Å². The number of hydrogen-bond acceptors (Lipinski definition) is 4. The average molecular weight is 402 g/mol. The number of fused-ring (bicyclic) bond motifs is 1.